The lowest BCUT2D eigenvalue weighted by molar-refractivity contribution is -0.614. The summed E-state index contributed by atoms with van der Waals surface area (Å²) in [4.78, 5) is 23.1. The summed E-state index contributed by atoms with van der Waals surface area (Å²) in [6.07, 6.45) is 3.58. The summed E-state index contributed by atoms with van der Waals surface area (Å²) in [7, 11) is 0. The van der Waals surface area contributed by atoms with Gasteiger partial charge in [0.15, 0.2) is 5.78 Å². The van der Waals surface area contributed by atoms with Gasteiger partial charge in [-0.05, 0) is 23.2 Å². The smallest absolute Gasteiger partial charge is 0.303 e. The van der Waals surface area contributed by atoms with Crippen molar-refractivity contribution >= 4 is 23.5 Å². The van der Waals surface area contributed by atoms with Gasteiger partial charge in [0.1, 0.15) is 6.04 Å². The lowest BCUT2D eigenvalue weighted by Gasteiger charge is -2.30. The molecule has 1 aliphatic rings. The molecule has 2 rings (SSSR count). The van der Waals surface area contributed by atoms with Crippen LogP contribution in [0.3, 0.4) is 0 Å². The van der Waals surface area contributed by atoms with Crippen LogP contribution in [-0.2, 0) is 16.0 Å². The second-order valence-corrected chi connectivity index (χ2v) is 9.35. The lowest BCUT2D eigenvalue weighted by Crippen LogP contribution is -2.44. The molecule has 6 heteroatoms. The summed E-state index contributed by atoms with van der Waals surface area (Å²) in [5, 5.41) is 8.93. The summed E-state index contributed by atoms with van der Waals surface area (Å²) in [5.74, 6) is 1.00. The average molecular weight is 391 g/mol. The zero-order valence-corrected chi connectivity index (χ0v) is 17.1. The molecular weight excluding hydrogens is 360 g/mol. The van der Waals surface area contributed by atoms with Crippen LogP contribution in [0.25, 0.3) is 5.53 Å². The molecule has 1 fully saturated rings. The number of carboxylic acid groups (broad SMARTS) is 1. The van der Waals surface area contributed by atoms with Crippen molar-refractivity contribution in [3.63, 3.8) is 0 Å². The first-order chi connectivity index (χ1) is 12.8. The van der Waals surface area contributed by atoms with Gasteiger partial charge in [0.05, 0.1) is 6.42 Å². The van der Waals surface area contributed by atoms with Crippen molar-refractivity contribution in [2.24, 2.45) is 5.41 Å². The maximum Gasteiger partial charge on any atom is 0.303 e. The van der Waals surface area contributed by atoms with E-state index in [0.29, 0.717) is 19.3 Å². The fourth-order valence-corrected chi connectivity index (χ4v) is 4.82. The van der Waals surface area contributed by atoms with Crippen LogP contribution >= 0.6 is 11.8 Å². The highest BCUT2D eigenvalue weighted by Crippen LogP contribution is 2.28. The monoisotopic (exact) mass is 390 g/mol. The van der Waals surface area contributed by atoms with Crippen LogP contribution in [0.1, 0.15) is 51.5 Å². The Morgan fingerprint density at radius 1 is 1.30 bits per heavy atom. The van der Waals surface area contributed by atoms with Crippen LogP contribution in [0.5, 0.6) is 0 Å². The van der Waals surface area contributed by atoms with Gasteiger partial charge in [0, 0.05) is 31.4 Å². The molecule has 1 aliphatic heterocycles. The van der Waals surface area contributed by atoms with Crippen molar-refractivity contribution < 1.29 is 19.4 Å². The van der Waals surface area contributed by atoms with Crippen molar-refractivity contribution in [1.29, 1.82) is 0 Å². The second-order valence-electron chi connectivity index (χ2n) is 8.13. The SMILES string of the molecule is CC(C)(CCSCCC1C(=O)CCC(Cc2ccccc2)[N+]1=[N-])CC(=O)O. The summed E-state index contributed by atoms with van der Waals surface area (Å²) in [6, 6.07) is 9.61. The second kappa shape index (κ2) is 10.0. The molecule has 1 aromatic rings. The summed E-state index contributed by atoms with van der Waals surface area (Å²) >= 11 is 1.73. The molecule has 0 saturated carbocycles. The van der Waals surface area contributed by atoms with Gasteiger partial charge in [-0.3, -0.25) is 9.59 Å². The summed E-state index contributed by atoms with van der Waals surface area (Å²) in [5.41, 5.74) is 11.5. The Labute approximate surface area is 166 Å². The van der Waals surface area contributed by atoms with E-state index < -0.39 is 12.0 Å². The number of Topliss-reactive ketones (excluding diaryl/α,β-unsaturated/α-hetero) is 1. The quantitative estimate of drug-likeness (QED) is 0.475. The van der Waals surface area contributed by atoms with Gasteiger partial charge in [0.25, 0.3) is 0 Å². The predicted octanol–water partition coefficient (Wildman–Crippen LogP) is 4.38. The Bertz CT molecular complexity index is 661. The molecule has 0 radical (unpaired) electrons. The van der Waals surface area contributed by atoms with Crippen LogP contribution in [-0.4, -0.2) is 45.1 Å². The highest BCUT2D eigenvalue weighted by atomic mass is 32.2. The zero-order chi connectivity index (χ0) is 19.9. The van der Waals surface area contributed by atoms with E-state index in [0.717, 1.165) is 24.3 Å². The van der Waals surface area contributed by atoms with Gasteiger partial charge in [-0.2, -0.15) is 11.8 Å². The Hall–Kier alpha value is -1.69. The molecule has 2 unspecified atom stereocenters. The first-order valence-electron chi connectivity index (χ1n) is 9.62. The van der Waals surface area contributed by atoms with Crippen molar-refractivity contribution in [3.05, 3.63) is 41.4 Å². The van der Waals surface area contributed by atoms with E-state index in [1.54, 1.807) is 11.8 Å². The molecule has 0 aromatic heterocycles. The Morgan fingerprint density at radius 2 is 2.00 bits per heavy atom. The number of carbonyl (C=O) groups excluding carboxylic acids is 1. The lowest BCUT2D eigenvalue weighted by atomic mass is 9.87. The molecular formula is C21H30N2O3S. The van der Waals surface area contributed by atoms with Gasteiger partial charge in [-0.25, -0.2) is 0 Å². The first kappa shape index (κ1) is 21.6. The number of carbonyl (C=O) groups is 2. The molecule has 0 aliphatic carbocycles. The number of hydrogen-bond acceptors (Lipinski definition) is 3. The topological polar surface area (TPSA) is 79.7 Å². The molecule has 1 N–H and O–H groups in total. The van der Waals surface area contributed by atoms with E-state index in [1.807, 2.05) is 44.2 Å². The van der Waals surface area contributed by atoms with Crippen LogP contribution in [0.2, 0.25) is 0 Å². The number of hydrogen-bond donors (Lipinski definition) is 1. The molecule has 1 saturated heterocycles. The van der Waals surface area contributed by atoms with E-state index in [1.165, 1.54) is 10.3 Å². The van der Waals surface area contributed by atoms with Crippen molar-refractivity contribution in [3.8, 4) is 0 Å². The van der Waals surface area contributed by atoms with E-state index in [2.05, 4.69) is 0 Å². The molecule has 5 nitrogen and oxygen atoms in total. The maximum atomic E-state index is 12.3. The molecule has 27 heavy (non-hydrogen) atoms. The fourth-order valence-electron chi connectivity index (χ4n) is 3.53. The zero-order valence-electron chi connectivity index (χ0n) is 16.3. The van der Waals surface area contributed by atoms with Gasteiger partial charge >= 0.3 is 5.97 Å². The molecule has 0 spiro atoms. The summed E-state index contributed by atoms with van der Waals surface area (Å²) < 4.78 is 1.29. The van der Waals surface area contributed by atoms with Crippen LogP contribution in [0.4, 0.5) is 0 Å². The molecule has 148 valence electrons. The number of ketones is 1. The maximum absolute atomic E-state index is 12.3. The van der Waals surface area contributed by atoms with Gasteiger partial charge in [-0.15, -0.1) is 0 Å². The molecule has 1 aromatic carbocycles. The number of aliphatic carboxylic acids is 1. The number of rotatable bonds is 10. The third-order valence-electron chi connectivity index (χ3n) is 5.19. The first-order valence-corrected chi connectivity index (χ1v) is 10.8. The Balaban J connectivity index is 1.78. The van der Waals surface area contributed by atoms with Gasteiger partial charge in [0.2, 0.25) is 6.04 Å². The standard InChI is InChI=1S/C21H30N2O3S/c1-21(2,15-20(25)26)11-13-27-12-10-18-19(24)9-8-17(23(18)22)14-16-6-4-3-5-7-16/h3-7,17-18H,8-15H2,1-2H3,(H,25,26). The summed E-state index contributed by atoms with van der Waals surface area (Å²) in [6.45, 7) is 3.94. The minimum absolute atomic E-state index is 0.0189. The largest absolute Gasteiger partial charge is 0.506 e. The molecule has 2 atom stereocenters. The highest BCUT2D eigenvalue weighted by Gasteiger charge is 2.36. The van der Waals surface area contributed by atoms with Gasteiger partial charge < -0.3 is 15.3 Å². The van der Waals surface area contributed by atoms with E-state index in [-0.39, 0.29) is 23.7 Å². The van der Waals surface area contributed by atoms with Crippen molar-refractivity contribution in [2.75, 3.05) is 11.5 Å². The van der Waals surface area contributed by atoms with Crippen molar-refractivity contribution in [2.45, 2.75) is 64.5 Å². The van der Waals surface area contributed by atoms with E-state index >= 15 is 0 Å². The third kappa shape index (κ3) is 7.09. The van der Waals surface area contributed by atoms with Crippen molar-refractivity contribution in [1.82, 2.24) is 0 Å². The van der Waals surface area contributed by atoms with Gasteiger partial charge in [-0.1, -0.05) is 44.2 Å². The number of nitrogens with zero attached hydrogens (tertiary/aromatic N) is 2. The highest BCUT2D eigenvalue weighted by molar-refractivity contribution is 7.99. The Kier molecular flexibility index (Phi) is 8.02. The molecule has 0 bridgehead atoms. The van der Waals surface area contributed by atoms with E-state index in [9.17, 15) is 15.1 Å². The van der Waals surface area contributed by atoms with Crippen LogP contribution in [0.15, 0.2) is 30.3 Å². The number of carboxylic acids is 1. The minimum atomic E-state index is -0.766. The van der Waals surface area contributed by atoms with Crippen LogP contribution in [0, 0.1) is 5.41 Å². The number of piperidine rings is 1. The third-order valence-corrected chi connectivity index (χ3v) is 6.21. The Morgan fingerprint density at radius 3 is 2.67 bits per heavy atom. The van der Waals surface area contributed by atoms with E-state index in [4.69, 9.17) is 5.11 Å². The molecule has 0 amide bonds. The predicted molar refractivity (Wildman–Crippen MR) is 108 cm³/mol. The minimum Gasteiger partial charge on any atom is -0.506 e. The van der Waals surface area contributed by atoms with Crippen LogP contribution < -0.4 is 0 Å². The number of thioether (sulfide) groups is 1. The molecule has 1 heterocycles. The number of benzene rings is 1. The fraction of sp³-hybridized carbons (Fsp3) is 0.619. The average Bonchev–Trinajstić information content (AvgIpc) is 2.59. The normalized spacial score (nSPS) is 20.7.